The maximum absolute atomic E-state index is 6.05. The highest BCUT2D eigenvalue weighted by molar-refractivity contribution is 7.99. The lowest BCUT2D eigenvalue weighted by Gasteiger charge is -2.43. The van der Waals surface area contributed by atoms with Crippen LogP contribution in [0.5, 0.6) is 0 Å². The highest BCUT2D eigenvalue weighted by atomic mass is 32.2. The Kier molecular flexibility index (Phi) is 4.93. The van der Waals surface area contributed by atoms with Crippen molar-refractivity contribution in [2.75, 3.05) is 32.1 Å². The van der Waals surface area contributed by atoms with Gasteiger partial charge in [-0.15, -0.1) is 16.9 Å². The molecule has 0 aromatic carbocycles. The van der Waals surface area contributed by atoms with E-state index in [0.717, 1.165) is 62.8 Å². The van der Waals surface area contributed by atoms with Gasteiger partial charge < -0.3 is 14.8 Å². The Bertz CT molecular complexity index is 390. The number of H-pyrrole nitrogens is 1. The predicted molar refractivity (Wildman–Crippen MR) is 76.9 cm³/mol. The summed E-state index contributed by atoms with van der Waals surface area (Å²) < 4.78 is 11.5. The van der Waals surface area contributed by atoms with E-state index >= 15 is 0 Å². The smallest absolute Gasteiger partial charge is 0.138 e. The fourth-order valence-electron chi connectivity index (χ4n) is 2.97. The predicted octanol–water partition coefficient (Wildman–Crippen LogP) is 1.21. The second-order valence-corrected chi connectivity index (χ2v) is 6.56. The van der Waals surface area contributed by atoms with Gasteiger partial charge in [0.25, 0.3) is 0 Å². The van der Waals surface area contributed by atoms with E-state index in [9.17, 15) is 0 Å². The minimum absolute atomic E-state index is 0.0768. The molecule has 7 heteroatoms. The lowest BCUT2D eigenvalue weighted by molar-refractivity contribution is -0.140. The number of aromatic amines is 1. The molecule has 112 valence electrons. The van der Waals surface area contributed by atoms with Crippen LogP contribution in [0.4, 0.5) is 0 Å². The van der Waals surface area contributed by atoms with Crippen LogP contribution in [0.15, 0.2) is 11.2 Å². The first-order valence-corrected chi connectivity index (χ1v) is 8.29. The van der Waals surface area contributed by atoms with Crippen molar-refractivity contribution in [3.8, 4) is 0 Å². The van der Waals surface area contributed by atoms with Gasteiger partial charge >= 0.3 is 0 Å². The van der Waals surface area contributed by atoms with Crippen LogP contribution in [0.1, 0.15) is 25.7 Å². The molecule has 6 nitrogen and oxygen atoms in total. The van der Waals surface area contributed by atoms with E-state index in [1.807, 2.05) is 0 Å². The highest BCUT2D eigenvalue weighted by Gasteiger charge is 2.38. The number of nitrogens with zero attached hydrogens (tertiary/aromatic N) is 2. The Labute approximate surface area is 123 Å². The van der Waals surface area contributed by atoms with Crippen molar-refractivity contribution in [1.82, 2.24) is 20.7 Å². The molecule has 2 N–H and O–H groups in total. The Hall–Kier alpha value is -0.630. The second kappa shape index (κ2) is 6.89. The van der Waals surface area contributed by atoms with Crippen LogP contribution in [0.3, 0.4) is 0 Å². The Morgan fingerprint density at radius 1 is 1.40 bits per heavy atom. The van der Waals surface area contributed by atoms with E-state index in [2.05, 4.69) is 20.7 Å². The molecule has 2 saturated heterocycles. The zero-order valence-electron chi connectivity index (χ0n) is 11.6. The van der Waals surface area contributed by atoms with Gasteiger partial charge in [-0.2, -0.15) is 10.3 Å². The number of hydrogen-bond donors (Lipinski definition) is 2. The first-order chi connectivity index (χ1) is 9.86. The Balaban J connectivity index is 1.39. The van der Waals surface area contributed by atoms with Crippen LogP contribution in [-0.4, -0.2) is 59.2 Å². The van der Waals surface area contributed by atoms with Crippen LogP contribution in [0.2, 0.25) is 0 Å². The summed E-state index contributed by atoms with van der Waals surface area (Å²) in [5.41, 5.74) is 0.0768. The summed E-state index contributed by atoms with van der Waals surface area (Å²) >= 11 is 1.72. The van der Waals surface area contributed by atoms with E-state index in [4.69, 9.17) is 9.47 Å². The molecule has 0 aliphatic carbocycles. The van der Waals surface area contributed by atoms with Gasteiger partial charge in [0.15, 0.2) is 0 Å². The van der Waals surface area contributed by atoms with Gasteiger partial charge in [0.1, 0.15) is 5.03 Å². The molecule has 2 aliphatic rings. The standard InChI is InChI=1S/C13H22N4O2S/c1-5-19-13(2-6-18-7-3-13)9-11(1)14-4-8-20-12-10-15-17-16-12/h10-11,14H,1-9H2,(H,15,16,17). The average molecular weight is 298 g/mol. The van der Waals surface area contributed by atoms with Gasteiger partial charge in [-0.1, -0.05) is 0 Å². The summed E-state index contributed by atoms with van der Waals surface area (Å²) in [6, 6.07) is 0.569. The molecule has 1 spiro atoms. The molecule has 0 bridgehead atoms. The average Bonchev–Trinajstić information content (AvgIpc) is 2.98. The molecule has 2 aliphatic heterocycles. The maximum atomic E-state index is 6.05. The summed E-state index contributed by atoms with van der Waals surface area (Å²) in [5.74, 6) is 1.01. The molecule has 20 heavy (non-hydrogen) atoms. The fraction of sp³-hybridized carbons (Fsp3) is 0.846. The lowest BCUT2D eigenvalue weighted by Crippen LogP contribution is -2.50. The van der Waals surface area contributed by atoms with Crippen molar-refractivity contribution in [1.29, 1.82) is 0 Å². The van der Waals surface area contributed by atoms with Gasteiger partial charge in [0.05, 0.1) is 11.8 Å². The number of aromatic nitrogens is 3. The monoisotopic (exact) mass is 298 g/mol. The van der Waals surface area contributed by atoms with Gasteiger partial charge in [0, 0.05) is 38.2 Å². The number of ether oxygens (including phenoxy) is 2. The largest absolute Gasteiger partial charge is 0.381 e. The van der Waals surface area contributed by atoms with Crippen LogP contribution < -0.4 is 5.32 Å². The van der Waals surface area contributed by atoms with Crippen molar-refractivity contribution in [3.63, 3.8) is 0 Å². The molecule has 3 heterocycles. The van der Waals surface area contributed by atoms with Crippen molar-refractivity contribution < 1.29 is 9.47 Å². The first-order valence-electron chi connectivity index (χ1n) is 7.30. The first kappa shape index (κ1) is 14.3. The normalized spacial score (nSPS) is 25.9. The zero-order valence-corrected chi connectivity index (χ0v) is 12.5. The van der Waals surface area contributed by atoms with Crippen LogP contribution >= 0.6 is 11.8 Å². The molecule has 1 unspecified atom stereocenters. The van der Waals surface area contributed by atoms with Gasteiger partial charge in [-0.25, -0.2) is 0 Å². The molecular formula is C13H22N4O2S. The lowest BCUT2D eigenvalue weighted by atomic mass is 9.84. The quantitative estimate of drug-likeness (QED) is 0.629. The molecule has 1 aromatic heterocycles. The molecule has 0 amide bonds. The second-order valence-electron chi connectivity index (χ2n) is 5.44. The number of rotatable bonds is 5. The van der Waals surface area contributed by atoms with Gasteiger partial charge in [0.2, 0.25) is 0 Å². The van der Waals surface area contributed by atoms with Crippen molar-refractivity contribution >= 4 is 11.8 Å². The number of hydrogen-bond acceptors (Lipinski definition) is 6. The number of nitrogens with one attached hydrogen (secondary N) is 2. The zero-order chi connectivity index (χ0) is 13.7. The molecule has 0 radical (unpaired) electrons. The van der Waals surface area contributed by atoms with E-state index in [0.29, 0.717) is 6.04 Å². The van der Waals surface area contributed by atoms with E-state index in [1.165, 1.54) is 0 Å². The van der Waals surface area contributed by atoms with Crippen molar-refractivity contribution in [3.05, 3.63) is 6.20 Å². The Morgan fingerprint density at radius 3 is 3.10 bits per heavy atom. The summed E-state index contributed by atoms with van der Waals surface area (Å²) in [6.07, 6.45) is 6.07. The molecule has 1 atom stereocenters. The third-order valence-electron chi connectivity index (χ3n) is 4.07. The highest BCUT2D eigenvalue weighted by Crippen LogP contribution is 2.34. The minimum atomic E-state index is 0.0768. The minimum Gasteiger partial charge on any atom is -0.381 e. The van der Waals surface area contributed by atoms with Crippen molar-refractivity contribution in [2.24, 2.45) is 0 Å². The maximum Gasteiger partial charge on any atom is 0.138 e. The SMILES string of the molecule is c1n[nH]nc1SCCNC1CCOC2(CCOCC2)C1. The topological polar surface area (TPSA) is 72.1 Å². The molecule has 1 aromatic rings. The summed E-state index contributed by atoms with van der Waals surface area (Å²) in [5, 5.41) is 15.1. The third-order valence-corrected chi connectivity index (χ3v) is 4.98. The van der Waals surface area contributed by atoms with E-state index in [-0.39, 0.29) is 5.60 Å². The van der Waals surface area contributed by atoms with E-state index in [1.54, 1.807) is 18.0 Å². The molecule has 3 rings (SSSR count). The summed E-state index contributed by atoms with van der Waals surface area (Å²) in [4.78, 5) is 0. The van der Waals surface area contributed by atoms with Crippen LogP contribution in [0.25, 0.3) is 0 Å². The van der Waals surface area contributed by atoms with Crippen molar-refractivity contribution in [2.45, 2.75) is 42.4 Å². The van der Waals surface area contributed by atoms with Crippen LogP contribution in [-0.2, 0) is 9.47 Å². The van der Waals surface area contributed by atoms with Gasteiger partial charge in [-0.05, 0) is 25.7 Å². The summed E-state index contributed by atoms with van der Waals surface area (Å²) in [7, 11) is 0. The number of thioether (sulfide) groups is 1. The third kappa shape index (κ3) is 3.72. The van der Waals surface area contributed by atoms with E-state index < -0.39 is 0 Å². The molecular weight excluding hydrogens is 276 g/mol. The summed E-state index contributed by atoms with van der Waals surface area (Å²) in [6.45, 7) is 3.55. The molecule has 2 fully saturated rings. The molecule has 0 saturated carbocycles. The van der Waals surface area contributed by atoms with Crippen LogP contribution in [0, 0.1) is 0 Å². The Morgan fingerprint density at radius 2 is 2.30 bits per heavy atom. The van der Waals surface area contributed by atoms with Gasteiger partial charge in [-0.3, -0.25) is 0 Å². The fourth-order valence-corrected chi connectivity index (χ4v) is 3.63.